The number of nitrogens with two attached hydrogens (primary N) is 1. The molecule has 0 aliphatic rings. The summed E-state index contributed by atoms with van der Waals surface area (Å²) >= 11 is 0. The van der Waals surface area contributed by atoms with Gasteiger partial charge >= 0.3 is 0 Å². The molecule has 4 nitrogen and oxygen atoms in total. The summed E-state index contributed by atoms with van der Waals surface area (Å²) in [6, 6.07) is 4.68. The van der Waals surface area contributed by atoms with Crippen LogP contribution in [0, 0.1) is 11.3 Å². The molecule has 0 fully saturated rings. The van der Waals surface area contributed by atoms with Gasteiger partial charge < -0.3 is 16.2 Å². The number of aromatic hydroxyl groups is 1. The van der Waals surface area contributed by atoms with Crippen LogP contribution < -0.4 is 11.1 Å². The molecular weight excluding hydrogens is 240 g/mol. The van der Waals surface area contributed by atoms with E-state index >= 15 is 0 Å². The van der Waals surface area contributed by atoms with Crippen LogP contribution in [0.4, 0.5) is 11.4 Å². The maximum atomic E-state index is 12.0. The van der Waals surface area contributed by atoms with E-state index in [0.717, 1.165) is 6.42 Å². The van der Waals surface area contributed by atoms with E-state index in [1.54, 1.807) is 12.1 Å². The van der Waals surface area contributed by atoms with Gasteiger partial charge in [0.2, 0.25) is 5.91 Å². The van der Waals surface area contributed by atoms with Crippen LogP contribution >= 0.6 is 0 Å². The van der Waals surface area contributed by atoms with Crippen molar-refractivity contribution in [1.29, 1.82) is 0 Å². The number of phenolic OH excluding ortho intramolecular Hbond substituents is 1. The molecule has 0 unspecified atom stereocenters. The maximum absolute atomic E-state index is 12.0. The summed E-state index contributed by atoms with van der Waals surface area (Å²) in [5, 5.41) is 12.4. The van der Waals surface area contributed by atoms with E-state index in [4.69, 9.17) is 5.73 Å². The second-order valence-electron chi connectivity index (χ2n) is 6.26. The molecule has 4 heteroatoms. The Morgan fingerprint density at radius 2 is 2.05 bits per heavy atom. The Labute approximate surface area is 115 Å². The average molecular weight is 264 g/mol. The average Bonchev–Trinajstić information content (AvgIpc) is 2.19. The van der Waals surface area contributed by atoms with Gasteiger partial charge in [-0.25, -0.2) is 0 Å². The number of amides is 1. The lowest BCUT2D eigenvalue weighted by atomic mass is 9.81. The van der Waals surface area contributed by atoms with Crippen molar-refractivity contribution in [3.05, 3.63) is 18.2 Å². The molecule has 0 aliphatic carbocycles. The Hall–Kier alpha value is -1.71. The number of carbonyl (C=O) groups excluding carboxylic acids is 1. The summed E-state index contributed by atoms with van der Waals surface area (Å²) < 4.78 is 0. The summed E-state index contributed by atoms with van der Waals surface area (Å²) in [5.41, 5.74) is 6.36. The number of carbonyl (C=O) groups is 1. The summed E-state index contributed by atoms with van der Waals surface area (Å²) in [4.78, 5) is 12.0. The van der Waals surface area contributed by atoms with E-state index in [9.17, 15) is 9.90 Å². The van der Waals surface area contributed by atoms with Gasteiger partial charge in [0.05, 0.1) is 5.69 Å². The number of nitrogen functional groups attached to an aromatic ring is 1. The fourth-order valence-electron chi connectivity index (χ4n) is 2.46. The van der Waals surface area contributed by atoms with Crippen molar-refractivity contribution in [3.63, 3.8) is 0 Å². The largest absolute Gasteiger partial charge is 0.506 e. The van der Waals surface area contributed by atoms with Gasteiger partial charge in [0.15, 0.2) is 0 Å². The topological polar surface area (TPSA) is 75.4 Å². The van der Waals surface area contributed by atoms with Gasteiger partial charge in [0.25, 0.3) is 0 Å². The van der Waals surface area contributed by atoms with E-state index < -0.39 is 0 Å². The zero-order chi connectivity index (χ0) is 14.6. The minimum Gasteiger partial charge on any atom is -0.506 e. The number of rotatable bonds is 5. The minimum atomic E-state index is -0.0919. The maximum Gasteiger partial charge on any atom is 0.225 e. The van der Waals surface area contributed by atoms with Gasteiger partial charge in [-0.3, -0.25) is 4.79 Å². The highest BCUT2D eigenvalue weighted by Crippen LogP contribution is 2.31. The summed E-state index contributed by atoms with van der Waals surface area (Å²) in [7, 11) is 0. The number of benzene rings is 1. The molecule has 0 bridgehead atoms. The Bertz CT molecular complexity index is 453. The molecular formula is C15H24N2O2. The van der Waals surface area contributed by atoms with Crippen molar-refractivity contribution in [2.45, 2.75) is 40.5 Å². The molecule has 0 spiro atoms. The van der Waals surface area contributed by atoms with Crippen molar-refractivity contribution >= 4 is 17.3 Å². The first-order chi connectivity index (χ1) is 8.69. The summed E-state index contributed by atoms with van der Waals surface area (Å²) in [5.74, 6) is 0.452. The van der Waals surface area contributed by atoms with Gasteiger partial charge in [0.1, 0.15) is 5.75 Å². The Morgan fingerprint density at radius 1 is 1.42 bits per heavy atom. The molecule has 0 atom stereocenters. The number of nitrogens with one attached hydrogen (secondary N) is 1. The normalized spacial score (nSPS) is 11.6. The van der Waals surface area contributed by atoms with Crippen LogP contribution in [-0.2, 0) is 4.79 Å². The van der Waals surface area contributed by atoms with Crippen LogP contribution in [0.1, 0.15) is 40.5 Å². The molecule has 0 aromatic heterocycles. The number of hydrogen-bond donors (Lipinski definition) is 3. The quantitative estimate of drug-likeness (QED) is 0.563. The van der Waals surface area contributed by atoms with Gasteiger partial charge in [-0.15, -0.1) is 0 Å². The lowest BCUT2D eigenvalue weighted by molar-refractivity contribution is -0.118. The number of anilines is 2. The van der Waals surface area contributed by atoms with Crippen molar-refractivity contribution in [3.8, 4) is 5.75 Å². The van der Waals surface area contributed by atoms with E-state index in [2.05, 4.69) is 33.0 Å². The highest BCUT2D eigenvalue weighted by Gasteiger charge is 2.23. The van der Waals surface area contributed by atoms with Crippen LogP contribution in [0.5, 0.6) is 5.75 Å². The molecule has 0 heterocycles. The Morgan fingerprint density at radius 3 is 2.58 bits per heavy atom. The summed E-state index contributed by atoms with van der Waals surface area (Å²) in [6.07, 6.45) is 1.41. The number of phenols is 1. The molecule has 106 valence electrons. The Kier molecular flexibility index (Phi) is 4.81. The molecule has 1 amide bonds. The second-order valence-corrected chi connectivity index (χ2v) is 6.26. The molecule has 1 aromatic rings. The molecule has 0 radical (unpaired) electrons. The third-order valence-corrected chi connectivity index (χ3v) is 2.90. The summed E-state index contributed by atoms with van der Waals surface area (Å²) in [6.45, 7) is 8.45. The monoisotopic (exact) mass is 264 g/mol. The predicted molar refractivity (Wildman–Crippen MR) is 79.0 cm³/mol. The van der Waals surface area contributed by atoms with Crippen LogP contribution in [0.15, 0.2) is 18.2 Å². The van der Waals surface area contributed by atoms with Crippen molar-refractivity contribution in [2.75, 3.05) is 11.1 Å². The van der Waals surface area contributed by atoms with Gasteiger partial charge in [-0.1, -0.05) is 27.7 Å². The lowest BCUT2D eigenvalue weighted by Crippen LogP contribution is -2.23. The van der Waals surface area contributed by atoms with Crippen molar-refractivity contribution < 1.29 is 9.90 Å². The van der Waals surface area contributed by atoms with Crippen LogP contribution in [0.25, 0.3) is 0 Å². The predicted octanol–water partition coefficient (Wildman–Crippen LogP) is 3.38. The molecule has 4 N–H and O–H groups in total. The molecule has 1 aromatic carbocycles. The SMILES string of the molecule is CC(C)CC(C)(C)CC(=O)Nc1ccc(N)cc1O. The zero-order valence-corrected chi connectivity index (χ0v) is 12.2. The van der Waals surface area contributed by atoms with E-state index in [-0.39, 0.29) is 17.1 Å². The van der Waals surface area contributed by atoms with Crippen LogP contribution in [-0.4, -0.2) is 11.0 Å². The molecule has 0 saturated carbocycles. The molecule has 0 saturated heterocycles. The minimum absolute atomic E-state index is 0.00462. The first kappa shape index (κ1) is 15.3. The molecule has 0 aliphatic heterocycles. The second kappa shape index (κ2) is 5.95. The zero-order valence-electron chi connectivity index (χ0n) is 12.2. The van der Waals surface area contributed by atoms with E-state index in [1.165, 1.54) is 6.07 Å². The van der Waals surface area contributed by atoms with E-state index in [1.807, 2.05) is 0 Å². The Balaban J connectivity index is 2.65. The van der Waals surface area contributed by atoms with Crippen LogP contribution in [0.2, 0.25) is 0 Å². The molecule has 19 heavy (non-hydrogen) atoms. The highest BCUT2D eigenvalue weighted by atomic mass is 16.3. The van der Waals surface area contributed by atoms with Crippen LogP contribution in [0.3, 0.4) is 0 Å². The fraction of sp³-hybridized carbons (Fsp3) is 0.533. The molecule has 1 rings (SSSR count). The first-order valence-corrected chi connectivity index (χ1v) is 6.58. The first-order valence-electron chi connectivity index (χ1n) is 6.58. The third kappa shape index (κ3) is 5.20. The lowest BCUT2D eigenvalue weighted by Gasteiger charge is -2.26. The van der Waals surface area contributed by atoms with E-state index in [0.29, 0.717) is 23.7 Å². The van der Waals surface area contributed by atoms with Gasteiger partial charge in [0, 0.05) is 18.2 Å². The third-order valence-electron chi connectivity index (χ3n) is 2.90. The van der Waals surface area contributed by atoms with Gasteiger partial charge in [-0.05, 0) is 29.9 Å². The highest BCUT2D eigenvalue weighted by molar-refractivity contribution is 5.92. The number of hydrogen-bond acceptors (Lipinski definition) is 3. The van der Waals surface area contributed by atoms with Gasteiger partial charge in [-0.2, -0.15) is 0 Å². The van der Waals surface area contributed by atoms with Crippen molar-refractivity contribution in [2.24, 2.45) is 11.3 Å². The smallest absolute Gasteiger partial charge is 0.225 e. The fourth-order valence-corrected chi connectivity index (χ4v) is 2.46. The van der Waals surface area contributed by atoms with Crippen molar-refractivity contribution in [1.82, 2.24) is 0 Å². The standard InChI is InChI=1S/C15H24N2O2/c1-10(2)8-15(3,4)9-14(19)17-12-6-5-11(16)7-13(12)18/h5-7,10,18H,8-9,16H2,1-4H3,(H,17,19).